The van der Waals surface area contributed by atoms with Crippen molar-refractivity contribution in [2.45, 2.75) is 37.7 Å². The maximum Gasteiger partial charge on any atom is 0.229 e. The van der Waals surface area contributed by atoms with Gasteiger partial charge in [-0.25, -0.2) is 0 Å². The zero-order valence-electron chi connectivity index (χ0n) is 13.1. The molecule has 7 heteroatoms. The first-order chi connectivity index (χ1) is 10.3. The number of ether oxygens (including phenoxy) is 1. The van der Waals surface area contributed by atoms with E-state index in [0.29, 0.717) is 28.3 Å². The summed E-state index contributed by atoms with van der Waals surface area (Å²) in [6.45, 7) is 5.95. The summed E-state index contributed by atoms with van der Waals surface area (Å²) in [4.78, 5) is 0. The Morgan fingerprint density at radius 2 is 2.00 bits per heavy atom. The Balaban J connectivity index is 2.03. The van der Waals surface area contributed by atoms with Gasteiger partial charge in [0.25, 0.3) is 0 Å². The molecule has 2 rings (SSSR count). The molecule has 1 unspecified atom stereocenters. The molecule has 0 saturated heterocycles. The van der Waals surface area contributed by atoms with Gasteiger partial charge in [0.2, 0.25) is 11.8 Å². The molecule has 0 saturated carbocycles. The normalized spacial score (nSPS) is 13.1. The smallest absolute Gasteiger partial charge is 0.229 e. The zero-order chi connectivity index (χ0) is 16.3. The molecule has 0 aliphatic heterocycles. The first kappa shape index (κ1) is 17.0. The van der Waals surface area contributed by atoms with Crippen molar-refractivity contribution in [2.24, 2.45) is 0 Å². The second-order valence-corrected chi connectivity index (χ2v) is 7.80. The highest BCUT2D eigenvalue weighted by Gasteiger charge is 2.22. The van der Waals surface area contributed by atoms with Gasteiger partial charge < -0.3 is 9.15 Å². The van der Waals surface area contributed by atoms with Crippen LogP contribution in [0.3, 0.4) is 0 Å². The van der Waals surface area contributed by atoms with Crippen molar-refractivity contribution in [3.63, 3.8) is 0 Å². The van der Waals surface area contributed by atoms with E-state index in [-0.39, 0.29) is 11.2 Å². The van der Waals surface area contributed by atoms with Gasteiger partial charge in [-0.05, 0) is 17.7 Å². The van der Waals surface area contributed by atoms with Crippen LogP contribution in [0.2, 0.25) is 5.02 Å². The Kier molecular flexibility index (Phi) is 5.24. The molecular formula is C15H19ClN2O3S. The van der Waals surface area contributed by atoms with E-state index in [9.17, 15) is 4.21 Å². The largest absolute Gasteiger partial charge is 0.497 e. The molecule has 1 aromatic heterocycles. The quantitative estimate of drug-likeness (QED) is 0.832. The molecule has 22 heavy (non-hydrogen) atoms. The molecule has 0 radical (unpaired) electrons. The van der Waals surface area contributed by atoms with E-state index in [2.05, 4.69) is 10.2 Å². The van der Waals surface area contributed by atoms with Gasteiger partial charge in [-0.3, -0.25) is 4.21 Å². The third-order valence-electron chi connectivity index (χ3n) is 2.97. The van der Waals surface area contributed by atoms with Crippen molar-refractivity contribution in [2.75, 3.05) is 7.11 Å². The average Bonchev–Trinajstić information content (AvgIpc) is 2.89. The number of halogens is 1. The molecule has 0 N–H and O–H groups in total. The highest BCUT2D eigenvalue weighted by molar-refractivity contribution is 7.83. The summed E-state index contributed by atoms with van der Waals surface area (Å²) >= 11 is 6.15. The minimum Gasteiger partial charge on any atom is -0.497 e. The summed E-state index contributed by atoms with van der Waals surface area (Å²) < 4.78 is 22.9. The summed E-state index contributed by atoms with van der Waals surface area (Å²) in [6.07, 6.45) is 0. The van der Waals surface area contributed by atoms with Gasteiger partial charge in [-0.2, -0.15) is 0 Å². The number of benzene rings is 1. The standard InChI is InChI=1S/C15H19ClN2O3S/c1-15(2,3)14-18-17-13(21-14)9-22(19)8-10-5-6-11(20-4)7-12(10)16/h5-7H,8-9H2,1-4H3. The number of hydrogen-bond donors (Lipinski definition) is 0. The summed E-state index contributed by atoms with van der Waals surface area (Å²) in [6, 6.07) is 5.31. The van der Waals surface area contributed by atoms with E-state index in [1.54, 1.807) is 19.2 Å². The number of nitrogens with zero attached hydrogens (tertiary/aromatic N) is 2. The monoisotopic (exact) mass is 342 g/mol. The van der Waals surface area contributed by atoms with Crippen LogP contribution in [0.4, 0.5) is 0 Å². The molecule has 1 atom stereocenters. The molecule has 1 heterocycles. The Morgan fingerprint density at radius 1 is 1.27 bits per heavy atom. The lowest BCUT2D eigenvalue weighted by Crippen LogP contribution is -2.11. The maximum absolute atomic E-state index is 12.2. The van der Waals surface area contributed by atoms with Crippen LogP contribution in [0.1, 0.15) is 38.1 Å². The van der Waals surface area contributed by atoms with Crippen molar-refractivity contribution >= 4 is 22.4 Å². The van der Waals surface area contributed by atoms with E-state index in [0.717, 1.165) is 5.56 Å². The summed E-state index contributed by atoms with van der Waals surface area (Å²) in [5.41, 5.74) is 0.586. The predicted molar refractivity (Wildman–Crippen MR) is 86.6 cm³/mol. The molecule has 0 aliphatic carbocycles. The predicted octanol–water partition coefficient (Wildman–Crippen LogP) is 3.48. The molecule has 1 aromatic carbocycles. The number of aromatic nitrogens is 2. The fourth-order valence-electron chi connectivity index (χ4n) is 1.75. The number of rotatable bonds is 5. The van der Waals surface area contributed by atoms with Crippen LogP contribution in [-0.4, -0.2) is 21.5 Å². The third kappa shape index (κ3) is 4.30. The van der Waals surface area contributed by atoms with Crippen LogP contribution < -0.4 is 4.74 Å². The van der Waals surface area contributed by atoms with E-state index < -0.39 is 10.8 Å². The van der Waals surface area contributed by atoms with Crippen LogP contribution in [0.5, 0.6) is 5.75 Å². The van der Waals surface area contributed by atoms with Crippen molar-refractivity contribution in [3.8, 4) is 5.75 Å². The van der Waals surface area contributed by atoms with Crippen LogP contribution in [0, 0.1) is 0 Å². The Bertz CT molecular complexity index is 680. The van der Waals surface area contributed by atoms with Gasteiger partial charge in [0.05, 0.1) is 12.9 Å². The number of hydrogen-bond acceptors (Lipinski definition) is 5. The number of methoxy groups -OCH3 is 1. The molecule has 120 valence electrons. The van der Waals surface area contributed by atoms with Crippen molar-refractivity contribution in [3.05, 3.63) is 40.6 Å². The van der Waals surface area contributed by atoms with Crippen LogP contribution >= 0.6 is 11.6 Å². The lowest BCUT2D eigenvalue weighted by atomic mass is 9.97. The summed E-state index contributed by atoms with van der Waals surface area (Å²) in [5.74, 6) is 2.14. The first-order valence-electron chi connectivity index (χ1n) is 6.80. The van der Waals surface area contributed by atoms with Gasteiger partial charge in [-0.1, -0.05) is 38.4 Å². The molecule has 0 spiro atoms. The fourth-order valence-corrected chi connectivity index (χ4v) is 3.16. The molecule has 0 fully saturated rings. The van der Waals surface area contributed by atoms with Crippen LogP contribution in [0.15, 0.2) is 22.6 Å². The minimum atomic E-state index is -1.18. The van der Waals surface area contributed by atoms with Gasteiger partial charge in [0.15, 0.2) is 0 Å². The van der Waals surface area contributed by atoms with E-state index in [1.165, 1.54) is 0 Å². The lowest BCUT2D eigenvalue weighted by Gasteiger charge is -2.11. The van der Waals surface area contributed by atoms with Crippen LogP contribution in [0.25, 0.3) is 0 Å². The average molecular weight is 343 g/mol. The second kappa shape index (κ2) is 6.79. The fraction of sp³-hybridized carbons (Fsp3) is 0.467. The molecule has 0 aliphatic rings. The van der Waals surface area contributed by atoms with Gasteiger partial charge >= 0.3 is 0 Å². The third-order valence-corrected chi connectivity index (χ3v) is 4.52. The minimum absolute atomic E-state index is 0.214. The van der Waals surface area contributed by atoms with Crippen molar-refractivity contribution in [1.29, 1.82) is 0 Å². The topological polar surface area (TPSA) is 65.2 Å². The summed E-state index contributed by atoms with van der Waals surface area (Å²) in [5, 5.41) is 8.48. The Labute approximate surface area is 137 Å². The van der Waals surface area contributed by atoms with Crippen molar-refractivity contribution in [1.82, 2.24) is 10.2 Å². The highest BCUT2D eigenvalue weighted by atomic mass is 35.5. The first-order valence-corrected chi connectivity index (χ1v) is 8.66. The Hall–Kier alpha value is -1.40. The lowest BCUT2D eigenvalue weighted by molar-refractivity contribution is 0.378. The second-order valence-electron chi connectivity index (χ2n) is 5.94. The van der Waals surface area contributed by atoms with E-state index in [4.69, 9.17) is 20.8 Å². The zero-order valence-corrected chi connectivity index (χ0v) is 14.6. The van der Waals surface area contributed by atoms with E-state index in [1.807, 2.05) is 26.8 Å². The van der Waals surface area contributed by atoms with Gasteiger partial charge in [0, 0.05) is 21.2 Å². The molecule has 0 bridgehead atoms. The van der Waals surface area contributed by atoms with Crippen molar-refractivity contribution < 1.29 is 13.4 Å². The SMILES string of the molecule is COc1ccc(CS(=O)Cc2nnc(C(C)(C)C)o2)c(Cl)c1. The maximum atomic E-state index is 12.2. The van der Waals surface area contributed by atoms with Gasteiger partial charge in [0.1, 0.15) is 11.5 Å². The molecule has 5 nitrogen and oxygen atoms in total. The molecule has 0 amide bonds. The Morgan fingerprint density at radius 3 is 2.55 bits per heavy atom. The molecular weight excluding hydrogens is 324 g/mol. The molecule has 2 aromatic rings. The van der Waals surface area contributed by atoms with Gasteiger partial charge in [-0.15, -0.1) is 10.2 Å². The van der Waals surface area contributed by atoms with E-state index >= 15 is 0 Å². The summed E-state index contributed by atoms with van der Waals surface area (Å²) in [7, 11) is 0.399. The van der Waals surface area contributed by atoms with Crippen LogP contribution in [-0.2, 0) is 27.7 Å². The highest BCUT2D eigenvalue weighted by Crippen LogP contribution is 2.24.